The Bertz CT molecular complexity index is 412. The summed E-state index contributed by atoms with van der Waals surface area (Å²) in [5.74, 6) is 1.43. The molecule has 1 saturated heterocycles. The van der Waals surface area contributed by atoms with Gasteiger partial charge in [-0.05, 0) is 29.5 Å². The maximum Gasteiger partial charge on any atom is 0.0485 e. The van der Waals surface area contributed by atoms with E-state index in [0.717, 1.165) is 18.7 Å². The topological polar surface area (TPSA) is 29.3 Å². The first-order chi connectivity index (χ1) is 8.52. The third-order valence-electron chi connectivity index (χ3n) is 4.00. The van der Waals surface area contributed by atoms with Crippen LogP contribution in [0.4, 0.5) is 0 Å². The number of likely N-dealkylation sites (tertiary alicyclic amines) is 1. The van der Waals surface area contributed by atoms with Crippen molar-refractivity contribution in [3.63, 3.8) is 0 Å². The van der Waals surface area contributed by atoms with Crippen molar-refractivity contribution in [3.8, 4) is 0 Å². The normalized spacial score (nSPS) is 26.5. The van der Waals surface area contributed by atoms with Crippen LogP contribution in [0.3, 0.4) is 0 Å². The van der Waals surface area contributed by atoms with Crippen LogP contribution < -0.4 is 5.73 Å². The quantitative estimate of drug-likeness (QED) is 0.920. The van der Waals surface area contributed by atoms with Crippen molar-refractivity contribution in [2.75, 3.05) is 19.6 Å². The molecule has 1 aliphatic rings. The molecular weight excluding hydrogens is 267 g/mol. The first-order valence-corrected chi connectivity index (χ1v) is 7.17. The van der Waals surface area contributed by atoms with Gasteiger partial charge in [0.2, 0.25) is 0 Å². The number of nitrogens with two attached hydrogens (primary N) is 1. The summed E-state index contributed by atoms with van der Waals surface area (Å²) in [5, 5.41) is 1.38. The predicted molar refractivity (Wildman–Crippen MR) is 78.2 cm³/mol. The van der Waals surface area contributed by atoms with E-state index in [2.05, 4.69) is 18.7 Å². The largest absolute Gasteiger partial charge is 0.329 e. The van der Waals surface area contributed by atoms with E-state index in [-0.39, 0.29) is 6.04 Å². The fraction of sp³-hybridized carbons (Fsp3) is 0.571. The fourth-order valence-corrected chi connectivity index (χ4v) is 3.21. The second kappa shape index (κ2) is 5.79. The summed E-state index contributed by atoms with van der Waals surface area (Å²) in [6, 6.07) is 5.87. The Kier molecular flexibility index (Phi) is 4.54. The molecule has 0 aromatic heterocycles. The van der Waals surface area contributed by atoms with Gasteiger partial charge in [0.15, 0.2) is 0 Å². The summed E-state index contributed by atoms with van der Waals surface area (Å²) >= 11 is 12.2. The SMILES string of the molecule is CC1CN(C(CN)c2ccc(Cl)cc2Cl)CC1C. The van der Waals surface area contributed by atoms with Crippen molar-refractivity contribution >= 4 is 23.2 Å². The van der Waals surface area contributed by atoms with E-state index in [9.17, 15) is 0 Å². The first kappa shape index (κ1) is 14.1. The molecule has 2 nitrogen and oxygen atoms in total. The minimum Gasteiger partial charge on any atom is -0.329 e. The number of rotatable bonds is 3. The molecule has 0 radical (unpaired) electrons. The number of halogens is 2. The minimum absolute atomic E-state index is 0.196. The van der Waals surface area contributed by atoms with E-state index >= 15 is 0 Å². The molecule has 0 bridgehead atoms. The van der Waals surface area contributed by atoms with Crippen molar-refractivity contribution < 1.29 is 0 Å². The van der Waals surface area contributed by atoms with Gasteiger partial charge in [0.1, 0.15) is 0 Å². The number of benzene rings is 1. The number of hydrogen-bond acceptors (Lipinski definition) is 2. The molecule has 2 N–H and O–H groups in total. The Labute approximate surface area is 119 Å². The highest BCUT2D eigenvalue weighted by Gasteiger charge is 2.31. The molecule has 2 rings (SSSR count). The zero-order valence-corrected chi connectivity index (χ0v) is 12.4. The van der Waals surface area contributed by atoms with Crippen LogP contribution in [0.25, 0.3) is 0 Å². The maximum absolute atomic E-state index is 6.29. The van der Waals surface area contributed by atoms with Gasteiger partial charge in [-0.15, -0.1) is 0 Å². The third-order valence-corrected chi connectivity index (χ3v) is 4.56. The van der Waals surface area contributed by atoms with Crippen molar-refractivity contribution in [3.05, 3.63) is 33.8 Å². The molecule has 1 heterocycles. The van der Waals surface area contributed by atoms with Crippen LogP contribution in [0.1, 0.15) is 25.5 Å². The highest BCUT2D eigenvalue weighted by Crippen LogP contribution is 2.34. The molecule has 3 atom stereocenters. The van der Waals surface area contributed by atoms with E-state index < -0.39 is 0 Å². The van der Waals surface area contributed by atoms with Gasteiger partial charge in [-0.2, -0.15) is 0 Å². The lowest BCUT2D eigenvalue weighted by Crippen LogP contribution is -2.32. The summed E-state index contributed by atoms with van der Waals surface area (Å²) < 4.78 is 0. The monoisotopic (exact) mass is 286 g/mol. The molecule has 3 unspecified atom stereocenters. The smallest absolute Gasteiger partial charge is 0.0485 e. The van der Waals surface area contributed by atoms with Gasteiger partial charge in [0.25, 0.3) is 0 Å². The Balaban J connectivity index is 2.23. The average molecular weight is 287 g/mol. The van der Waals surface area contributed by atoms with Gasteiger partial charge in [-0.1, -0.05) is 43.1 Å². The lowest BCUT2D eigenvalue weighted by molar-refractivity contribution is 0.240. The molecule has 4 heteroatoms. The fourth-order valence-electron chi connectivity index (χ4n) is 2.67. The Morgan fingerprint density at radius 3 is 2.39 bits per heavy atom. The second-order valence-corrected chi connectivity index (χ2v) is 6.17. The van der Waals surface area contributed by atoms with Gasteiger partial charge < -0.3 is 5.73 Å². The average Bonchev–Trinajstić information content (AvgIpc) is 2.63. The maximum atomic E-state index is 6.29. The van der Waals surface area contributed by atoms with Gasteiger partial charge in [-0.25, -0.2) is 0 Å². The van der Waals surface area contributed by atoms with Crippen LogP contribution in [-0.4, -0.2) is 24.5 Å². The van der Waals surface area contributed by atoms with Crippen LogP contribution in [0, 0.1) is 11.8 Å². The molecule has 18 heavy (non-hydrogen) atoms. The van der Waals surface area contributed by atoms with Crippen molar-refractivity contribution in [1.82, 2.24) is 4.90 Å². The van der Waals surface area contributed by atoms with Gasteiger partial charge in [0.05, 0.1) is 0 Å². The Morgan fingerprint density at radius 1 is 1.28 bits per heavy atom. The molecule has 0 aliphatic carbocycles. The summed E-state index contributed by atoms with van der Waals surface area (Å²) in [7, 11) is 0. The predicted octanol–water partition coefficient (Wildman–Crippen LogP) is 3.58. The summed E-state index contributed by atoms with van der Waals surface area (Å²) in [6.07, 6.45) is 0. The molecule has 1 fully saturated rings. The van der Waals surface area contributed by atoms with E-state index in [1.54, 1.807) is 6.07 Å². The molecule has 1 aromatic carbocycles. The molecule has 1 aliphatic heterocycles. The van der Waals surface area contributed by atoms with Crippen molar-refractivity contribution in [2.24, 2.45) is 17.6 Å². The molecule has 0 saturated carbocycles. The van der Waals surface area contributed by atoms with Crippen LogP contribution in [0.2, 0.25) is 10.0 Å². The summed E-state index contributed by atoms with van der Waals surface area (Å²) in [5.41, 5.74) is 7.04. The van der Waals surface area contributed by atoms with Crippen LogP contribution in [-0.2, 0) is 0 Å². The highest BCUT2D eigenvalue weighted by molar-refractivity contribution is 6.35. The van der Waals surface area contributed by atoms with E-state index in [0.29, 0.717) is 28.4 Å². The minimum atomic E-state index is 0.196. The summed E-state index contributed by atoms with van der Waals surface area (Å²) in [4.78, 5) is 2.43. The highest BCUT2D eigenvalue weighted by atomic mass is 35.5. The second-order valence-electron chi connectivity index (χ2n) is 5.33. The van der Waals surface area contributed by atoms with Crippen LogP contribution in [0.5, 0.6) is 0 Å². The number of nitrogens with zero attached hydrogens (tertiary/aromatic N) is 1. The van der Waals surface area contributed by atoms with Gasteiger partial charge in [0, 0.05) is 35.7 Å². The first-order valence-electron chi connectivity index (χ1n) is 6.42. The standard InChI is InChI=1S/C14H20Cl2N2/c1-9-7-18(8-10(9)2)14(6-17)12-4-3-11(15)5-13(12)16/h3-5,9-10,14H,6-8,17H2,1-2H3. The zero-order valence-electron chi connectivity index (χ0n) is 10.9. The van der Waals surface area contributed by atoms with E-state index in [1.165, 1.54) is 0 Å². The third kappa shape index (κ3) is 2.83. The van der Waals surface area contributed by atoms with Crippen molar-refractivity contribution in [1.29, 1.82) is 0 Å². The van der Waals surface area contributed by atoms with Crippen molar-refractivity contribution in [2.45, 2.75) is 19.9 Å². The van der Waals surface area contributed by atoms with Gasteiger partial charge >= 0.3 is 0 Å². The Hall–Kier alpha value is -0.280. The van der Waals surface area contributed by atoms with Gasteiger partial charge in [-0.3, -0.25) is 4.90 Å². The molecule has 0 spiro atoms. The van der Waals surface area contributed by atoms with Crippen LogP contribution >= 0.6 is 23.2 Å². The molecular formula is C14H20Cl2N2. The van der Waals surface area contributed by atoms with E-state index in [1.807, 2.05) is 12.1 Å². The zero-order chi connectivity index (χ0) is 13.3. The molecule has 0 amide bonds. The Morgan fingerprint density at radius 2 is 1.89 bits per heavy atom. The molecule has 1 aromatic rings. The lowest BCUT2D eigenvalue weighted by Gasteiger charge is -2.28. The molecule has 100 valence electrons. The number of hydrogen-bond donors (Lipinski definition) is 1. The van der Waals surface area contributed by atoms with E-state index in [4.69, 9.17) is 28.9 Å². The van der Waals surface area contributed by atoms with Crippen LogP contribution in [0.15, 0.2) is 18.2 Å². The summed E-state index contributed by atoms with van der Waals surface area (Å²) in [6.45, 7) is 7.34. The lowest BCUT2D eigenvalue weighted by atomic mass is 10.0.